The number of aromatic nitrogens is 1. The minimum atomic E-state index is 0.950. The summed E-state index contributed by atoms with van der Waals surface area (Å²) in [5.41, 5.74) is 3.06. The van der Waals surface area contributed by atoms with Crippen LogP contribution in [-0.2, 0) is 6.54 Å². The number of hydrogen-bond donors (Lipinski definition) is 1. The van der Waals surface area contributed by atoms with Crippen molar-refractivity contribution in [1.82, 2.24) is 10.3 Å². The van der Waals surface area contributed by atoms with E-state index in [2.05, 4.69) is 23.8 Å². The van der Waals surface area contributed by atoms with Crippen molar-refractivity contribution in [3.8, 4) is 0 Å². The molecule has 0 bridgehead atoms. The number of rotatable bonds is 7. The third-order valence-corrected chi connectivity index (χ3v) is 3.69. The summed E-state index contributed by atoms with van der Waals surface area (Å²) in [7, 11) is 0. The Balaban J connectivity index is 2.04. The van der Waals surface area contributed by atoms with Crippen molar-refractivity contribution in [2.75, 3.05) is 18.1 Å². The van der Waals surface area contributed by atoms with Crippen LogP contribution >= 0.6 is 23.1 Å². The van der Waals surface area contributed by atoms with Gasteiger partial charge in [0.25, 0.3) is 0 Å². The Morgan fingerprint density at radius 1 is 1.71 bits per heavy atom. The third kappa shape index (κ3) is 4.26. The number of nitrogens with zero attached hydrogens (tertiary/aromatic N) is 1. The summed E-state index contributed by atoms with van der Waals surface area (Å²) in [6, 6.07) is 0. The van der Waals surface area contributed by atoms with Gasteiger partial charge < -0.3 is 5.32 Å². The van der Waals surface area contributed by atoms with E-state index < -0.39 is 0 Å². The highest BCUT2D eigenvalue weighted by molar-refractivity contribution is 7.99. The second-order valence-electron chi connectivity index (χ2n) is 2.90. The molecule has 1 heterocycles. The van der Waals surface area contributed by atoms with E-state index in [0.29, 0.717) is 0 Å². The maximum atomic E-state index is 4.20. The minimum Gasteiger partial charge on any atom is -0.311 e. The minimum absolute atomic E-state index is 0.950. The Labute approximate surface area is 93.8 Å². The highest BCUT2D eigenvalue weighted by atomic mass is 32.2. The smallest absolute Gasteiger partial charge is 0.0798 e. The van der Waals surface area contributed by atoms with Gasteiger partial charge in [-0.05, 0) is 6.92 Å². The zero-order valence-corrected chi connectivity index (χ0v) is 10.1. The lowest BCUT2D eigenvalue weighted by Crippen LogP contribution is -2.16. The molecule has 2 nitrogen and oxygen atoms in total. The van der Waals surface area contributed by atoms with Crippen LogP contribution in [0, 0.1) is 6.92 Å². The molecule has 0 aliphatic rings. The van der Waals surface area contributed by atoms with E-state index in [1.165, 1.54) is 4.88 Å². The average molecular weight is 228 g/mol. The number of aryl methyl sites for hydroxylation is 1. The van der Waals surface area contributed by atoms with E-state index in [4.69, 9.17) is 0 Å². The first-order chi connectivity index (χ1) is 6.84. The molecule has 0 saturated carbocycles. The summed E-state index contributed by atoms with van der Waals surface area (Å²) < 4.78 is 0. The van der Waals surface area contributed by atoms with Crippen LogP contribution < -0.4 is 5.32 Å². The molecule has 0 radical (unpaired) electrons. The molecule has 0 aliphatic heterocycles. The molecule has 14 heavy (non-hydrogen) atoms. The second-order valence-corrected chi connectivity index (χ2v) is 4.99. The van der Waals surface area contributed by atoms with Crippen LogP contribution in [0.2, 0.25) is 0 Å². The summed E-state index contributed by atoms with van der Waals surface area (Å²) >= 11 is 3.62. The fourth-order valence-electron chi connectivity index (χ4n) is 1.01. The van der Waals surface area contributed by atoms with Gasteiger partial charge >= 0.3 is 0 Å². The van der Waals surface area contributed by atoms with Gasteiger partial charge in [0.05, 0.1) is 11.2 Å². The van der Waals surface area contributed by atoms with Crippen molar-refractivity contribution in [2.24, 2.45) is 0 Å². The van der Waals surface area contributed by atoms with E-state index >= 15 is 0 Å². The summed E-state index contributed by atoms with van der Waals surface area (Å²) in [4.78, 5) is 5.55. The van der Waals surface area contributed by atoms with Gasteiger partial charge in [-0.3, -0.25) is 0 Å². The second kappa shape index (κ2) is 7.04. The van der Waals surface area contributed by atoms with Gasteiger partial charge in [-0.15, -0.1) is 17.9 Å². The van der Waals surface area contributed by atoms with Gasteiger partial charge in [0.2, 0.25) is 0 Å². The van der Waals surface area contributed by atoms with Gasteiger partial charge in [0.1, 0.15) is 0 Å². The van der Waals surface area contributed by atoms with Gasteiger partial charge in [0.15, 0.2) is 0 Å². The standard InChI is InChI=1S/C10H16N2S2/c1-3-5-13-6-4-11-7-10-9(2)12-8-14-10/h3,8,11H,1,4-7H2,2H3. The Hall–Kier alpha value is -0.320. The Morgan fingerprint density at radius 2 is 2.57 bits per heavy atom. The first-order valence-corrected chi connectivity index (χ1v) is 6.66. The monoisotopic (exact) mass is 228 g/mol. The Kier molecular flexibility index (Phi) is 5.91. The van der Waals surface area contributed by atoms with Crippen LogP contribution in [0.4, 0.5) is 0 Å². The molecule has 0 atom stereocenters. The largest absolute Gasteiger partial charge is 0.311 e. The third-order valence-electron chi connectivity index (χ3n) is 1.79. The number of thioether (sulfide) groups is 1. The number of nitrogens with one attached hydrogen (secondary N) is 1. The molecular formula is C10H16N2S2. The van der Waals surface area contributed by atoms with E-state index in [9.17, 15) is 0 Å². The van der Waals surface area contributed by atoms with Crippen LogP contribution in [0.5, 0.6) is 0 Å². The molecule has 1 rings (SSSR count). The Morgan fingerprint density at radius 3 is 3.21 bits per heavy atom. The van der Waals surface area contributed by atoms with Gasteiger partial charge in [-0.2, -0.15) is 11.8 Å². The molecule has 0 aliphatic carbocycles. The molecule has 4 heteroatoms. The SMILES string of the molecule is C=CCSCCNCc1scnc1C. The van der Waals surface area contributed by atoms with E-state index in [1.807, 2.05) is 23.3 Å². The Bertz CT molecular complexity index is 271. The van der Waals surface area contributed by atoms with Crippen LogP contribution in [0.25, 0.3) is 0 Å². The quantitative estimate of drug-likeness (QED) is 0.573. The fourth-order valence-corrected chi connectivity index (χ4v) is 2.38. The van der Waals surface area contributed by atoms with Crippen molar-refractivity contribution in [3.05, 3.63) is 28.7 Å². The molecule has 0 amide bonds. The highest BCUT2D eigenvalue weighted by Crippen LogP contribution is 2.11. The average Bonchev–Trinajstić information content (AvgIpc) is 2.58. The van der Waals surface area contributed by atoms with Crippen LogP contribution in [0.15, 0.2) is 18.2 Å². The van der Waals surface area contributed by atoms with E-state index in [0.717, 1.165) is 30.3 Å². The van der Waals surface area contributed by atoms with Crippen LogP contribution in [-0.4, -0.2) is 23.0 Å². The van der Waals surface area contributed by atoms with Crippen molar-refractivity contribution < 1.29 is 0 Å². The summed E-state index contributed by atoms with van der Waals surface area (Å²) in [6.45, 7) is 7.74. The lowest BCUT2D eigenvalue weighted by molar-refractivity contribution is 0.736. The maximum Gasteiger partial charge on any atom is 0.0798 e. The summed E-state index contributed by atoms with van der Waals surface area (Å²) in [5.74, 6) is 2.19. The van der Waals surface area contributed by atoms with Gasteiger partial charge in [0, 0.05) is 29.5 Å². The maximum absolute atomic E-state index is 4.20. The summed E-state index contributed by atoms with van der Waals surface area (Å²) in [6.07, 6.45) is 1.94. The molecule has 0 saturated heterocycles. The molecular weight excluding hydrogens is 212 g/mol. The predicted octanol–water partition coefficient (Wildman–Crippen LogP) is 2.46. The number of hydrogen-bond acceptors (Lipinski definition) is 4. The lowest BCUT2D eigenvalue weighted by atomic mass is 10.4. The summed E-state index contributed by atoms with van der Waals surface area (Å²) in [5, 5.41) is 3.40. The van der Waals surface area contributed by atoms with Gasteiger partial charge in [-0.25, -0.2) is 4.98 Å². The highest BCUT2D eigenvalue weighted by Gasteiger charge is 1.99. The predicted molar refractivity (Wildman–Crippen MR) is 66.1 cm³/mol. The van der Waals surface area contributed by atoms with Crippen LogP contribution in [0.3, 0.4) is 0 Å². The first-order valence-electron chi connectivity index (χ1n) is 4.63. The fraction of sp³-hybridized carbons (Fsp3) is 0.500. The normalized spacial score (nSPS) is 10.4. The molecule has 1 aromatic rings. The molecule has 1 N–H and O–H groups in total. The number of thiazole rings is 1. The van der Waals surface area contributed by atoms with Crippen molar-refractivity contribution in [2.45, 2.75) is 13.5 Å². The molecule has 1 aromatic heterocycles. The van der Waals surface area contributed by atoms with E-state index in [-0.39, 0.29) is 0 Å². The molecule has 0 fully saturated rings. The van der Waals surface area contributed by atoms with Crippen LogP contribution in [0.1, 0.15) is 10.6 Å². The molecule has 78 valence electrons. The lowest BCUT2D eigenvalue weighted by Gasteiger charge is -2.02. The van der Waals surface area contributed by atoms with Gasteiger partial charge in [-0.1, -0.05) is 6.08 Å². The van der Waals surface area contributed by atoms with Crippen molar-refractivity contribution in [3.63, 3.8) is 0 Å². The molecule has 0 unspecified atom stereocenters. The zero-order chi connectivity index (χ0) is 10.2. The first kappa shape index (κ1) is 11.8. The van der Waals surface area contributed by atoms with Crippen molar-refractivity contribution in [1.29, 1.82) is 0 Å². The van der Waals surface area contributed by atoms with E-state index in [1.54, 1.807) is 11.3 Å². The topological polar surface area (TPSA) is 24.9 Å². The molecule has 0 aromatic carbocycles. The molecule has 0 spiro atoms. The van der Waals surface area contributed by atoms with Crippen molar-refractivity contribution >= 4 is 23.1 Å². The zero-order valence-electron chi connectivity index (χ0n) is 8.45.